The number of carbonyl (C=O) groups excluding carboxylic acids is 1. The van der Waals surface area contributed by atoms with Gasteiger partial charge in [-0.05, 0) is 18.9 Å². The summed E-state index contributed by atoms with van der Waals surface area (Å²) < 4.78 is 11.1. The van der Waals surface area contributed by atoms with Crippen molar-refractivity contribution < 1.29 is 14.3 Å². The second-order valence-corrected chi connectivity index (χ2v) is 6.54. The molecule has 0 radical (unpaired) electrons. The highest BCUT2D eigenvalue weighted by Gasteiger charge is 2.28. The van der Waals surface area contributed by atoms with Gasteiger partial charge in [0.15, 0.2) is 0 Å². The lowest BCUT2D eigenvalue weighted by molar-refractivity contribution is 0.0514. The summed E-state index contributed by atoms with van der Waals surface area (Å²) in [6.07, 6.45) is 4.62. The van der Waals surface area contributed by atoms with E-state index in [1.54, 1.807) is 23.4 Å². The molecule has 1 aliphatic heterocycles. The van der Waals surface area contributed by atoms with Crippen molar-refractivity contribution in [2.24, 2.45) is 0 Å². The van der Waals surface area contributed by atoms with Gasteiger partial charge in [0.1, 0.15) is 11.8 Å². The molecule has 1 fully saturated rings. The second-order valence-electron chi connectivity index (χ2n) is 6.54. The van der Waals surface area contributed by atoms with Crippen molar-refractivity contribution in [3.63, 3.8) is 0 Å². The molecule has 0 saturated carbocycles. The smallest absolute Gasteiger partial charge is 0.278 e. The second kappa shape index (κ2) is 8.08. The van der Waals surface area contributed by atoms with Gasteiger partial charge in [-0.1, -0.05) is 30.3 Å². The molecule has 8 nitrogen and oxygen atoms in total. The number of nitrogens with one attached hydrogen (secondary N) is 1. The van der Waals surface area contributed by atoms with Crippen LogP contribution in [0, 0.1) is 0 Å². The average molecular weight is 379 g/mol. The molecule has 1 unspecified atom stereocenters. The van der Waals surface area contributed by atoms with Crippen molar-refractivity contribution in [3.05, 3.63) is 54.5 Å². The van der Waals surface area contributed by atoms with Crippen molar-refractivity contribution in [1.82, 2.24) is 25.1 Å². The lowest BCUT2D eigenvalue weighted by Crippen LogP contribution is -2.44. The maximum Gasteiger partial charge on any atom is 0.278 e. The molecule has 144 valence electrons. The predicted octanol–water partition coefficient (Wildman–Crippen LogP) is 2.56. The number of nitrogens with zero attached hydrogens (tertiary/aromatic N) is 4. The Morgan fingerprint density at radius 2 is 1.96 bits per heavy atom. The molecule has 1 saturated heterocycles. The maximum atomic E-state index is 12.9. The van der Waals surface area contributed by atoms with Gasteiger partial charge < -0.3 is 14.4 Å². The van der Waals surface area contributed by atoms with Gasteiger partial charge in [-0.25, -0.2) is 9.97 Å². The van der Waals surface area contributed by atoms with Crippen LogP contribution < -0.4 is 9.47 Å². The Morgan fingerprint density at radius 3 is 2.75 bits per heavy atom. The zero-order chi connectivity index (χ0) is 19.3. The minimum Gasteiger partial charge on any atom is -0.477 e. The number of aromatic amines is 1. The molecule has 1 aliphatic rings. The standard InChI is InChI=1S/C20H21N5O3/c1-27-18-19(22-10-9-21-18)28-15-8-5-11-25(13-15)20(26)17-12-16(23-24-17)14-6-3-2-4-7-14/h2-4,6-7,9-10,12,15H,5,8,11,13H2,1H3,(H,23,24). The van der Waals surface area contributed by atoms with Crippen LogP contribution in [0.4, 0.5) is 0 Å². The Bertz CT molecular complexity index is 944. The molecule has 0 bridgehead atoms. The fourth-order valence-electron chi connectivity index (χ4n) is 3.27. The van der Waals surface area contributed by atoms with Crippen molar-refractivity contribution in [2.45, 2.75) is 18.9 Å². The quantitative estimate of drug-likeness (QED) is 0.732. The van der Waals surface area contributed by atoms with Crippen LogP contribution in [-0.4, -0.2) is 57.3 Å². The molecular weight excluding hydrogens is 358 g/mol. The Labute approximate surface area is 162 Å². The Kier molecular flexibility index (Phi) is 5.18. The van der Waals surface area contributed by atoms with E-state index >= 15 is 0 Å². The van der Waals surface area contributed by atoms with E-state index in [0.29, 0.717) is 30.5 Å². The summed E-state index contributed by atoms with van der Waals surface area (Å²) in [4.78, 5) is 23.0. The molecule has 3 heterocycles. The number of aromatic nitrogens is 4. The Hall–Kier alpha value is -3.42. The van der Waals surface area contributed by atoms with Gasteiger partial charge in [0.05, 0.1) is 19.3 Å². The molecular formula is C20H21N5O3. The monoisotopic (exact) mass is 379 g/mol. The molecule has 0 spiro atoms. The van der Waals surface area contributed by atoms with E-state index in [-0.39, 0.29) is 12.0 Å². The SMILES string of the molecule is COc1nccnc1OC1CCCN(C(=O)c2cc(-c3ccccc3)n[nH]2)C1. The highest BCUT2D eigenvalue weighted by atomic mass is 16.5. The number of piperidine rings is 1. The number of amides is 1. The van der Waals surface area contributed by atoms with E-state index in [4.69, 9.17) is 9.47 Å². The molecule has 4 rings (SSSR count). The van der Waals surface area contributed by atoms with Gasteiger partial charge in [0, 0.05) is 24.5 Å². The highest BCUT2D eigenvalue weighted by Crippen LogP contribution is 2.25. The van der Waals surface area contributed by atoms with Gasteiger partial charge >= 0.3 is 0 Å². The first-order valence-electron chi connectivity index (χ1n) is 9.16. The number of ether oxygens (including phenoxy) is 2. The van der Waals surface area contributed by atoms with Crippen LogP contribution in [0.1, 0.15) is 23.3 Å². The lowest BCUT2D eigenvalue weighted by Gasteiger charge is -2.32. The summed E-state index contributed by atoms with van der Waals surface area (Å²) in [7, 11) is 1.52. The fraction of sp³-hybridized carbons (Fsp3) is 0.300. The Morgan fingerprint density at radius 1 is 1.18 bits per heavy atom. The van der Waals surface area contributed by atoms with E-state index in [0.717, 1.165) is 24.1 Å². The fourth-order valence-corrected chi connectivity index (χ4v) is 3.27. The van der Waals surface area contributed by atoms with Crippen molar-refractivity contribution in [1.29, 1.82) is 0 Å². The third-order valence-corrected chi connectivity index (χ3v) is 4.65. The average Bonchev–Trinajstić information content (AvgIpc) is 3.25. The molecule has 2 aromatic heterocycles. The molecule has 1 N–H and O–H groups in total. The van der Waals surface area contributed by atoms with E-state index < -0.39 is 0 Å². The van der Waals surface area contributed by atoms with Gasteiger partial charge in [-0.15, -0.1) is 0 Å². The zero-order valence-electron chi connectivity index (χ0n) is 15.5. The summed E-state index contributed by atoms with van der Waals surface area (Å²) in [5.41, 5.74) is 2.18. The van der Waals surface area contributed by atoms with Crippen LogP contribution in [0.3, 0.4) is 0 Å². The van der Waals surface area contributed by atoms with Gasteiger partial charge in [0.25, 0.3) is 17.7 Å². The number of hydrogen-bond acceptors (Lipinski definition) is 6. The third kappa shape index (κ3) is 3.80. The summed E-state index contributed by atoms with van der Waals surface area (Å²) in [5, 5.41) is 7.13. The molecule has 1 atom stereocenters. The van der Waals surface area contributed by atoms with Gasteiger partial charge in [-0.3, -0.25) is 9.89 Å². The van der Waals surface area contributed by atoms with Gasteiger partial charge in [-0.2, -0.15) is 5.10 Å². The normalized spacial score (nSPS) is 16.6. The highest BCUT2D eigenvalue weighted by molar-refractivity contribution is 5.93. The predicted molar refractivity (Wildman–Crippen MR) is 102 cm³/mol. The summed E-state index contributed by atoms with van der Waals surface area (Å²) >= 11 is 0. The molecule has 3 aromatic rings. The van der Waals surface area contributed by atoms with E-state index in [1.165, 1.54) is 7.11 Å². The van der Waals surface area contributed by atoms with Crippen LogP contribution in [0.25, 0.3) is 11.3 Å². The van der Waals surface area contributed by atoms with Crippen LogP contribution in [0.2, 0.25) is 0 Å². The summed E-state index contributed by atoms with van der Waals surface area (Å²) in [5.74, 6) is 0.596. The first-order valence-corrected chi connectivity index (χ1v) is 9.16. The van der Waals surface area contributed by atoms with Crippen molar-refractivity contribution >= 4 is 5.91 Å². The topological polar surface area (TPSA) is 93.2 Å². The van der Waals surface area contributed by atoms with Crippen molar-refractivity contribution in [3.8, 4) is 23.0 Å². The Balaban J connectivity index is 1.44. The molecule has 1 amide bonds. The number of benzene rings is 1. The van der Waals surface area contributed by atoms with E-state index in [1.807, 2.05) is 30.3 Å². The first kappa shape index (κ1) is 18.0. The number of hydrogen-bond donors (Lipinski definition) is 1. The number of likely N-dealkylation sites (tertiary alicyclic amines) is 1. The third-order valence-electron chi connectivity index (χ3n) is 4.65. The minimum atomic E-state index is -0.167. The summed E-state index contributed by atoms with van der Waals surface area (Å²) in [6.45, 7) is 1.15. The van der Waals surface area contributed by atoms with E-state index in [9.17, 15) is 4.79 Å². The van der Waals surface area contributed by atoms with Crippen LogP contribution in [0.5, 0.6) is 11.8 Å². The largest absolute Gasteiger partial charge is 0.477 e. The lowest BCUT2D eigenvalue weighted by atomic mass is 10.1. The molecule has 8 heteroatoms. The minimum absolute atomic E-state index is 0.0888. The van der Waals surface area contributed by atoms with Crippen LogP contribution in [0.15, 0.2) is 48.8 Å². The number of carbonyl (C=O) groups is 1. The van der Waals surface area contributed by atoms with Gasteiger partial charge in [0.2, 0.25) is 0 Å². The van der Waals surface area contributed by atoms with Crippen LogP contribution >= 0.6 is 0 Å². The van der Waals surface area contributed by atoms with Crippen molar-refractivity contribution in [2.75, 3.05) is 20.2 Å². The number of H-pyrrole nitrogens is 1. The molecule has 1 aromatic carbocycles. The molecule has 28 heavy (non-hydrogen) atoms. The number of methoxy groups -OCH3 is 1. The van der Waals surface area contributed by atoms with E-state index in [2.05, 4.69) is 20.2 Å². The summed E-state index contributed by atoms with van der Waals surface area (Å²) in [6, 6.07) is 11.5. The maximum absolute atomic E-state index is 12.9. The number of rotatable bonds is 5. The van der Waals surface area contributed by atoms with Crippen LogP contribution in [-0.2, 0) is 0 Å². The molecule has 0 aliphatic carbocycles. The zero-order valence-corrected chi connectivity index (χ0v) is 15.5. The first-order chi connectivity index (χ1) is 13.7.